The molecule has 0 aromatic heterocycles. The van der Waals surface area contributed by atoms with Crippen molar-refractivity contribution in [1.82, 2.24) is 10.6 Å². The van der Waals surface area contributed by atoms with E-state index in [0.29, 0.717) is 5.92 Å². The maximum absolute atomic E-state index is 11.7. The van der Waals surface area contributed by atoms with Gasteiger partial charge in [-0.2, -0.15) is 0 Å². The van der Waals surface area contributed by atoms with Crippen LogP contribution in [-0.4, -0.2) is 42.9 Å². The Kier molecular flexibility index (Phi) is 6.62. The first kappa shape index (κ1) is 15.8. The second kappa shape index (κ2) is 7.99. The SMILES string of the molecule is COC(CNC(=O)NC1CCCCCC1C)C(=O)O. The molecular formula is C13H24N2O4. The third-order valence-corrected chi connectivity index (χ3v) is 3.69. The highest BCUT2D eigenvalue weighted by molar-refractivity contribution is 5.77. The minimum Gasteiger partial charge on any atom is -0.479 e. The molecule has 0 aliphatic heterocycles. The largest absolute Gasteiger partial charge is 0.479 e. The van der Waals surface area contributed by atoms with Crippen molar-refractivity contribution in [2.24, 2.45) is 5.92 Å². The second-order valence-corrected chi connectivity index (χ2v) is 5.14. The molecule has 3 atom stereocenters. The number of aliphatic carboxylic acids is 1. The van der Waals surface area contributed by atoms with Crippen molar-refractivity contribution in [3.63, 3.8) is 0 Å². The molecule has 0 spiro atoms. The van der Waals surface area contributed by atoms with E-state index < -0.39 is 12.1 Å². The summed E-state index contributed by atoms with van der Waals surface area (Å²) in [5.74, 6) is -0.614. The van der Waals surface area contributed by atoms with E-state index in [1.807, 2.05) is 0 Å². The fourth-order valence-electron chi connectivity index (χ4n) is 2.38. The predicted octanol–water partition coefficient (Wildman–Crippen LogP) is 1.35. The monoisotopic (exact) mass is 272 g/mol. The van der Waals surface area contributed by atoms with E-state index in [2.05, 4.69) is 17.6 Å². The third-order valence-electron chi connectivity index (χ3n) is 3.69. The molecule has 3 unspecified atom stereocenters. The van der Waals surface area contributed by atoms with E-state index in [0.717, 1.165) is 19.3 Å². The van der Waals surface area contributed by atoms with Crippen LogP contribution in [-0.2, 0) is 9.53 Å². The van der Waals surface area contributed by atoms with Crippen LogP contribution < -0.4 is 10.6 Å². The third kappa shape index (κ3) is 5.46. The van der Waals surface area contributed by atoms with E-state index in [1.165, 1.54) is 20.0 Å². The van der Waals surface area contributed by atoms with Crippen molar-refractivity contribution in [3.05, 3.63) is 0 Å². The number of carboxylic acids is 1. The smallest absolute Gasteiger partial charge is 0.334 e. The average Bonchev–Trinajstić information content (AvgIpc) is 2.55. The maximum atomic E-state index is 11.7. The lowest BCUT2D eigenvalue weighted by atomic mass is 9.97. The van der Waals surface area contributed by atoms with Crippen LogP contribution in [0.4, 0.5) is 4.79 Å². The number of ether oxygens (including phenoxy) is 1. The second-order valence-electron chi connectivity index (χ2n) is 5.14. The lowest BCUT2D eigenvalue weighted by Crippen LogP contribution is -2.47. The Morgan fingerprint density at radius 2 is 2.00 bits per heavy atom. The zero-order valence-electron chi connectivity index (χ0n) is 11.6. The summed E-state index contributed by atoms with van der Waals surface area (Å²) in [5, 5.41) is 14.3. The molecule has 0 aromatic carbocycles. The summed E-state index contributed by atoms with van der Waals surface area (Å²) in [4.78, 5) is 22.5. The number of hydrogen-bond donors (Lipinski definition) is 3. The fraction of sp³-hybridized carbons (Fsp3) is 0.846. The molecule has 3 N–H and O–H groups in total. The van der Waals surface area contributed by atoms with E-state index in [1.54, 1.807) is 0 Å². The predicted molar refractivity (Wildman–Crippen MR) is 71.0 cm³/mol. The van der Waals surface area contributed by atoms with E-state index in [4.69, 9.17) is 9.84 Å². The topological polar surface area (TPSA) is 87.7 Å². The van der Waals surface area contributed by atoms with Crippen LogP contribution in [0.15, 0.2) is 0 Å². The van der Waals surface area contributed by atoms with Crippen LogP contribution >= 0.6 is 0 Å². The number of nitrogens with one attached hydrogen (secondary N) is 2. The average molecular weight is 272 g/mol. The molecule has 2 amide bonds. The Bertz CT molecular complexity index is 309. The van der Waals surface area contributed by atoms with Crippen molar-refractivity contribution in [2.45, 2.75) is 51.2 Å². The van der Waals surface area contributed by atoms with Gasteiger partial charge in [-0.25, -0.2) is 9.59 Å². The number of rotatable bonds is 5. The first-order valence-electron chi connectivity index (χ1n) is 6.84. The van der Waals surface area contributed by atoms with Crippen molar-refractivity contribution < 1.29 is 19.4 Å². The number of carbonyl (C=O) groups is 2. The highest BCUT2D eigenvalue weighted by Crippen LogP contribution is 2.22. The van der Waals surface area contributed by atoms with Gasteiger partial charge >= 0.3 is 12.0 Å². The van der Waals surface area contributed by atoms with Crippen molar-refractivity contribution >= 4 is 12.0 Å². The number of hydrogen-bond acceptors (Lipinski definition) is 3. The van der Waals surface area contributed by atoms with E-state index >= 15 is 0 Å². The van der Waals surface area contributed by atoms with Crippen molar-refractivity contribution in [1.29, 1.82) is 0 Å². The molecule has 1 aliphatic carbocycles. The molecule has 0 heterocycles. The zero-order valence-corrected chi connectivity index (χ0v) is 11.6. The quantitative estimate of drug-likeness (QED) is 0.659. The molecular weight excluding hydrogens is 248 g/mol. The van der Waals surface area contributed by atoms with Gasteiger partial charge in [-0.1, -0.05) is 26.2 Å². The highest BCUT2D eigenvalue weighted by atomic mass is 16.5. The summed E-state index contributed by atoms with van der Waals surface area (Å²) >= 11 is 0. The molecule has 110 valence electrons. The van der Waals surface area contributed by atoms with Crippen LogP contribution in [0, 0.1) is 5.92 Å². The molecule has 0 aromatic rings. The molecule has 19 heavy (non-hydrogen) atoms. The minimum absolute atomic E-state index is 0.0290. The molecule has 6 heteroatoms. The normalized spacial score (nSPS) is 25.2. The highest BCUT2D eigenvalue weighted by Gasteiger charge is 2.22. The summed E-state index contributed by atoms with van der Waals surface area (Å²) in [7, 11) is 1.31. The van der Waals surface area contributed by atoms with Gasteiger partial charge < -0.3 is 20.5 Å². The van der Waals surface area contributed by atoms with Gasteiger partial charge in [-0.3, -0.25) is 0 Å². The van der Waals surface area contributed by atoms with Gasteiger partial charge in [0, 0.05) is 13.2 Å². The number of carbonyl (C=O) groups excluding carboxylic acids is 1. The van der Waals surface area contributed by atoms with Crippen LogP contribution in [0.3, 0.4) is 0 Å². The van der Waals surface area contributed by atoms with Crippen LogP contribution in [0.25, 0.3) is 0 Å². The van der Waals surface area contributed by atoms with Crippen LogP contribution in [0.1, 0.15) is 39.0 Å². The molecule has 0 saturated heterocycles. The first-order chi connectivity index (χ1) is 9.04. The Labute approximate surface area is 113 Å². The summed E-state index contributed by atoms with van der Waals surface area (Å²) in [6, 6.07) is -0.143. The standard InChI is InChI=1S/C13H24N2O4/c1-9-6-4-3-5-7-10(9)15-13(18)14-8-11(19-2)12(16)17/h9-11H,3-8H2,1-2H3,(H,16,17)(H2,14,15,18). The summed E-state index contributed by atoms with van der Waals surface area (Å²) in [5.41, 5.74) is 0. The van der Waals surface area contributed by atoms with Gasteiger partial charge in [0.25, 0.3) is 0 Å². The van der Waals surface area contributed by atoms with Gasteiger partial charge in [0.2, 0.25) is 0 Å². The number of carboxylic acid groups (broad SMARTS) is 1. The molecule has 1 aliphatic rings. The maximum Gasteiger partial charge on any atom is 0.334 e. The Balaban J connectivity index is 2.35. The van der Waals surface area contributed by atoms with Crippen molar-refractivity contribution in [3.8, 4) is 0 Å². The van der Waals surface area contributed by atoms with Gasteiger partial charge in [0.1, 0.15) is 0 Å². The molecule has 1 rings (SSSR count). The minimum atomic E-state index is -1.08. The van der Waals surface area contributed by atoms with E-state index in [-0.39, 0.29) is 18.6 Å². The molecule has 0 bridgehead atoms. The van der Waals surface area contributed by atoms with E-state index in [9.17, 15) is 9.59 Å². The Morgan fingerprint density at radius 1 is 1.32 bits per heavy atom. The summed E-state index contributed by atoms with van der Waals surface area (Å²) in [6.07, 6.45) is 4.67. The molecule has 1 saturated carbocycles. The summed E-state index contributed by atoms with van der Waals surface area (Å²) in [6.45, 7) is 2.12. The summed E-state index contributed by atoms with van der Waals surface area (Å²) < 4.78 is 4.75. The Hall–Kier alpha value is -1.30. The van der Waals surface area contributed by atoms with Crippen molar-refractivity contribution in [2.75, 3.05) is 13.7 Å². The lowest BCUT2D eigenvalue weighted by molar-refractivity contribution is -0.147. The van der Waals surface area contributed by atoms with Gasteiger partial charge in [-0.05, 0) is 18.8 Å². The van der Waals surface area contributed by atoms with Gasteiger partial charge in [0.15, 0.2) is 6.10 Å². The van der Waals surface area contributed by atoms with Gasteiger partial charge in [-0.15, -0.1) is 0 Å². The zero-order chi connectivity index (χ0) is 14.3. The lowest BCUT2D eigenvalue weighted by Gasteiger charge is -2.23. The van der Waals surface area contributed by atoms with Crippen LogP contribution in [0.2, 0.25) is 0 Å². The molecule has 1 fully saturated rings. The molecule has 0 radical (unpaired) electrons. The number of amides is 2. The number of methoxy groups -OCH3 is 1. The Morgan fingerprint density at radius 3 is 2.63 bits per heavy atom. The number of urea groups is 1. The first-order valence-corrected chi connectivity index (χ1v) is 6.84. The molecule has 6 nitrogen and oxygen atoms in total. The van der Waals surface area contributed by atoms with Gasteiger partial charge in [0.05, 0.1) is 6.54 Å². The van der Waals surface area contributed by atoms with Crippen LogP contribution in [0.5, 0.6) is 0 Å². The fourth-order valence-corrected chi connectivity index (χ4v) is 2.38.